The van der Waals surface area contributed by atoms with Crippen LogP contribution in [0.15, 0.2) is 84.4 Å². The van der Waals surface area contributed by atoms with Crippen molar-refractivity contribution in [3.63, 3.8) is 0 Å². The summed E-state index contributed by atoms with van der Waals surface area (Å²) in [4.78, 5) is 40.7. The summed E-state index contributed by atoms with van der Waals surface area (Å²) in [5.41, 5.74) is 3.51. The Morgan fingerprint density at radius 3 is 2.47 bits per heavy atom. The molecule has 0 bridgehead atoms. The highest BCUT2D eigenvalue weighted by Crippen LogP contribution is 2.45. The number of alkyl halides is 1. The van der Waals surface area contributed by atoms with Crippen LogP contribution >= 0.6 is 0 Å². The van der Waals surface area contributed by atoms with Crippen LogP contribution in [0.25, 0.3) is 0 Å². The zero-order valence-electron chi connectivity index (χ0n) is 25.6. The van der Waals surface area contributed by atoms with Crippen molar-refractivity contribution in [2.45, 2.75) is 55.8 Å². The average Bonchev–Trinajstić information content (AvgIpc) is 3.09. The number of nitrogens with two attached hydrogens (primary N) is 1. The minimum absolute atomic E-state index is 0.0735. The predicted molar refractivity (Wildman–Crippen MR) is 169 cm³/mol. The number of carbonyl (C=O) groups excluding carboxylic acids is 1. The van der Waals surface area contributed by atoms with Gasteiger partial charge in [-0.15, -0.1) is 0 Å². The first-order chi connectivity index (χ1) is 22.6. The van der Waals surface area contributed by atoms with Gasteiger partial charge in [-0.2, -0.15) is 0 Å². The molecule has 242 valence electrons. The number of ether oxygens (including phenoxy) is 1. The SMILES string of the molecule is Nc1c(Oc2ccc(F)cc2)ncn(CC2(O)CCN(C(=O)[C@@H]3CC[C@](F)(C#Cc4cncnc4)C[C@H]3c3ccccc3)CC2)c1=O. The molecule has 0 unspecified atom stereocenters. The summed E-state index contributed by atoms with van der Waals surface area (Å²) in [5, 5.41) is 11.4. The average molecular weight is 641 g/mol. The van der Waals surface area contributed by atoms with Crippen LogP contribution in [0, 0.1) is 23.6 Å². The van der Waals surface area contributed by atoms with E-state index in [2.05, 4.69) is 26.8 Å². The molecule has 10 nitrogen and oxygen atoms in total. The first-order valence-electron chi connectivity index (χ1n) is 15.4. The Labute approximate surface area is 270 Å². The van der Waals surface area contributed by atoms with E-state index in [-0.39, 0.29) is 74.5 Å². The van der Waals surface area contributed by atoms with Crippen molar-refractivity contribution in [2.24, 2.45) is 5.92 Å². The van der Waals surface area contributed by atoms with Crippen LogP contribution in [0.2, 0.25) is 0 Å². The summed E-state index contributed by atoms with van der Waals surface area (Å²) >= 11 is 0. The van der Waals surface area contributed by atoms with E-state index in [1.807, 2.05) is 30.3 Å². The van der Waals surface area contributed by atoms with Crippen LogP contribution in [0.1, 0.15) is 49.1 Å². The van der Waals surface area contributed by atoms with Crippen LogP contribution in [-0.4, -0.2) is 59.8 Å². The number of nitrogens with zero attached hydrogens (tertiary/aromatic N) is 5. The highest BCUT2D eigenvalue weighted by Gasteiger charge is 2.46. The van der Waals surface area contributed by atoms with Crippen molar-refractivity contribution in [3.8, 4) is 23.5 Å². The second-order valence-corrected chi connectivity index (χ2v) is 12.2. The van der Waals surface area contributed by atoms with E-state index in [0.717, 1.165) is 5.56 Å². The number of benzene rings is 2. The van der Waals surface area contributed by atoms with Crippen molar-refractivity contribution >= 4 is 11.6 Å². The Bertz CT molecular complexity index is 1840. The van der Waals surface area contributed by atoms with E-state index in [1.54, 1.807) is 4.90 Å². The lowest BCUT2D eigenvalue weighted by atomic mass is 9.69. The maximum atomic E-state index is 16.2. The quantitative estimate of drug-likeness (QED) is 0.299. The molecule has 47 heavy (non-hydrogen) atoms. The second kappa shape index (κ2) is 13.3. The summed E-state index contributed by atoms with van der Waals surface area (Å²) in [6.45, 7) is 0.462. The molecule has 1 aliphatic carbocycles. The number of likely N-dealkylation sites (tertiary alicyclic amines) is 1. The number of carbonyl (C=O) groups is 1. The Kier molecular flexibility index (Phi) is 9.00. The highest BCUT2D eigenvalue weighted by atomic mass is 19.1. The number of hydrogen-bond donors (Lipinski definition) is 2. The van der Waals surface area contributed by atoms with Crippen molar-refractivity contribution < 1.29 is 23.4 Å². The van der Waals surface area contributed by atoms with Gasteiger partial charge in [-0.1, -0.05) is 42.2 Å². The normalized spacial score (nSPS) is 22.1. The fraction of sp³-hybridized carbons (Fsp3) is 0.343. The van der Waals surface area contributed by atoms with Gasteiger partial charge in [0, 0.05) is 37.8 Å². The largest absolute Gasteiger partial charge is 0.437 e. The topological polar surface area (TPSA) is 136 Å². The molecule has 4 aromatic rings. The summed E-state index contributed by atoms with van der Waals surface area (Å²) in [5.74, 6) is 4.44. The molecule has 2 aromatic carbocycles. The van der Waals surface area contributed by atoms with Gasteiger partial charge in [-0.25, -0.2) is 23.7 Å². The third-order valence-electron chi connectivity index (χ3n) is 8.95. The summed E-state index contributed by atoms with van der Waals surface area (Å²) in [7, 11) is 0. The van der Waals surface area contributed by atoms with Gasteiger partial charge >= 0.3 is 0 Å². The summed E-state index contributed by atoms with van der Waals surface area (Å²) in [6.07, 6.45) is 6.65. The predicted octanol–water partition coefficient (Wildman–Crippen LogP) is 4.24. The van der Waals surface area contributed by atoms with Crippen LogP contribution in [0.3, 0.4) is 0 Å². The van der Waals surface area contributed by atoms with Gasteiger partial charge in [0.05, 0.1) is 17.7 Å². The number of halogens is 2. The number of aromatic nitrogens is 4. The van der Waals surface area contributed by atoms with E-state index in [0.29, 0.717) is 12.0 Å². The monoisotopic (exact) mass is 640 g/mol. The van der Waals surface area contributed by atoms with Gasteiger partial charge in [0.25, 0.3) is 5.56 Å². The maximum Gasteiger partial charge on any atom is 0.280 e. The smallest absolute Gasteiger partial charge is 0.280 e. The molecule has 2 fully saturated rings. The fourth-order valence-corrected chi connectivity index (χ4v) is 6.34. The molecule has 0 radical (unpaired) electrons. The molecule has 3 heterocycles. The van der Waals surface area contributed by atoms with E-state index in [4.69, 9.17) is 10.5 Å². The Balaban J connectivity index is 1.12. The Hall–Kier alpha value is -5.15. The number of piperidine rings is 1. The first-order valence-corrected chi connectivity index (χ1v) is 15.4. The third kappa shape index (κ3) is 7.31. The van der Waals surface area contributed by atoms with Crippen LogP contribution in [-0.2, 0) is 11.3 Å². The lowest BCUT2D eigenvalue weighted by molar-refractivity contribution is -0.142. The van der Waals surface area contributed by atoms with Crippen LogP contribution in [0.5, 0.6) is 11.6 Å². The zero-order valence-corrected chi connectivity index (χ0v) is 25.6. The number of nitrogen functional groups attached to an aromatic ring is 1. The molecular formula is C35H34F2N6O4. The van der Waals surface area contributed by atoms with Gasteiger partial charge in [0.15, 0.2) is 11.4 Å². The van der Waals surface area contributed by atoms with E-state index in [1.165, 1.54) is 53.9 Å². The molecule has 1 aliphatic heterocycles. The van der Waals surface area contributed by atoms with Crippen LogP contribution < -0.4 is 16.0 Å². The van der Waals surface area contributed by atoms with Gasteiger partial charge < -0.3 is 20.5 Å². The van der Waals surface area contributed by atoms with Crippen molar-refractivity contribution in [3.05, 3.63) is 107 Å². The zero-order chi connectivity index (χ0) is 33.0. The number of aliphatic hydroxyl groups is 1. The molecule has 3 N–H and O–H groups in total. The lowest BCUT2D eigenvalue weighted by Crippen LogP contribution is -2.52. The molecule has 2 aromatic heterocycles. The van der Waals surface area contributed by atoms with Gasteiger partial charge in [0.1, 0.15) is 24.2 Å². The van der Waals surface area contributed by atoms with E-state index < -0.39 is 28.6 Å². The standard InChI is InChI=1S/C35H34F2N6O4/c36-26-6-8-27(9-7-26)47-31-30(38)33(45)43(23-41-31)21-35(46)14-16-42(17-15-35)32(44)28-11-13-34(37,12-10-24-19-39-22-40-20-24)18-29(28)25-4-2-1-3-5-25/h1-9,19-20,22-23,28-29,46H,11,13-18,21,38H2/t28-,29+,34-/m1/s1. The summed E-state index contributed by atoms with van der Waals surface area (Å²) in [6, 6.07) is 14.7. The third-order valence-corrected chi connectivity index (χ3v) is 8.95. The van der Waals surface area contributed by atoms with Gasteiger partial charge in [-0.05, 0) is 61.4 Å². The molecule has 6 rings (SSSR count). The highest BCUT2D eigenvalue weighted by molar-refractivity contribution is 5.80. The number of rotatable bonds is 6. The van der Waals surface area contributed by atoms with Gasteiger partial charge in [0.2, 0.25) is 11.8 Å². The number of anilines is 1. The number of amides is 1. The Morgan fingerprint density at radius 1 is 1.06 bits per heavy atom. The molecule has 12 heteroatoms. The molecule has 1 saturated carbocycles. The van der Waals surface area contributed by atoms with E-state index >= 15 is 4.39 Å². The van der Waals surface area contributed by atoms with Crippen molar-refractivity contribution in [2.75, 3.05) is 18.8 Å². The fourth-order valence-electron chi connectivity index (χ4n) is 6.34. The molecular weight excluding hydrogens is 606 g/mol. The minimum Gasteiger partial charge on any atom is -0.437 e. The molecule has 0 spiro atoms. The van der Waals surface area contributed by atoms with E-state index in [9.17, 15) is 19.1 Å². The molecule has 1 saturated heterocycles. The minimum atomic E-state index is -1.78. The maximum absolute atomic E-state index is 16.2. The molecule has 2 aliphatic rings. The Morgan fingerprint density at radius 2 is 1.77 bits per heavy atom. The summed E-state index contributed by atoms with van der Waals surface area (Å²) < 4.78 is 36.1. The second-order valence-electron chi connectivity index (χ2n) is 12.2. The lowest BCUT2D eigenvalue weighted by Gasteiger charge is -2.43. The van der Waals surface area contributed by atoms with Crippen LogP contribution in [0.4, 0.5) is 14.5 Å². The van der Waals surface area contributed by atoms with Crippen molar-refractivity contribution in [1.29, 1.82) is 0 Å². The van der Waals surface area contributed by atoms with Gasteiger partial charge in [-0.3, -0.25) is 14.2 Å². The molecule has 3 atom stereocenters. The molecule has 1 amide bonds. The first kappa shape index (κ1) is 31.8. The number of hydrogen-bond acceptors (Lipinski definition) is 8. The van der Waals surface area contributed by atoms with Crippen molar-refractivity contribution in [1.82, 2.24) is 24.4 Å².